The second-order valence-electron chi connectivity index (χ2n) is 5.04. The third-order valence-corrected chi connectivity index (χ3v) is 3.66. The number of nitrogens with two attached hydrogens (primary N) is 1. The van der Waals surface area contributed by atoms with Crippen molar-refractivity contribution in [1.82, 2.24) is 4.90 Å². The van der Waals surface area contributed by atoms with E-state index < -0.39 is 0 Å². The van der Waals surface area contributed by atoms with Crippen LogP contribution in [0.15, 0.2) is 18.2 Å². The monoisotopic (exact) mass is 294 g/mol. The lowest BCUT2D eigenvalue weighted by atomic mass is 10.1. The number of rotatable bonds is 4. The normalized spacial score (nSPS) is 22.0. The highest BCUT2D eigenvalue weighted by molar-refractivity contribution is 5.98. The lowest BCUT2D eigenvalue weighted by molar-refractivity contribution is -0.0426. The van der Waals surface area contributed by atoms with Crippen LogP contribution < -0.4 is 15.2 Å². The van der Waals surface area contributed by atoms with Crippen LogP contribution in [0.5, 0.6) is 11.5 Å². The highest BCUT2D eigenvalue weighted by atomic mass is 16.5. The van der Waals surface area contributed by atoms with Gasteiger partial charge in [0, 0.05) is 13.1 Å². The van der Waals surface area contributed by atoms with Gasteiger partial charge in [0.2, 0.25) is 0 Å². The number of ether oxygens (including phenoxy) is 3. The highest BCUT2D eigenvalue weighted by Crippen LogP contribution is 2.32. The third-order valence-electron chi connectivity index (χ3n) is 3.66. The van der Waals surface area contributed by atoms with E-state index in [-0.39, 0.29) is 18.1 Å². The van der Waals surface area contributed by atoms with Crippen LogP contribution in [0.4, 0.5) is 0 Å². The van der Waals surface area contributed by atoms with Crippen molar-refractivity contribution in [2.45, 2.75) is 19.1 Å². The molecule has 1 aliphatic heterocycles. The quantitative estimate of drug-likeness (QED) is 0.893. The molecule has 2 atom stereocenters. The smallest absolute Gasteiger partial charge is 0.258 e. The van der Waals surface area contributed by atoms with Crippen molar-refractivity contribution in [3.05, 3.63) is 23.8 Å². The Hall–Kier alpha value is -1.79. The summed E-state index contributed by atoms with van der Waals surface area (Å²) in [4.78, 5) is 14.6. The molecule has 1 aromatic rings. The minimum absolute atomic E-state index is 0.00351. The number of morpholine rings is 1. The van der Waals surface area contributed by atoms with E-state index >= 15 is 0 Å². The van der Waals surface area contributed by atoms with Gasteiger partial charge in [-0.15, -0.1) is 0 Å². The summed E-state index contributed by atoms with van der Waals surface area (Å²) in [6, 6.07) is 5.28. The summed E-state index contributed by atoms with van der Waals surface area (Å²) in [5.74, 6) is 0.896. The van der Waals surface area contributed by atoms with Crippen molar-refractivity contribution in [3.8, 4) is 11.5 Å². The maximum atomic E-state index is 12.8. The van der Waals surface area contributed by atoms with Gasteiger partial charge in [-0.3, -0.25) is 4.79 Å². The summed E-state index contributed by atoms with van der Waals surface area (Å²) in [5, 5.41) is 0. The Labute approximate surface area is 124 Å². The summed E-state index contributed by atoms with van der Waals surface area (Å²) in [6.45, 7) is 3.32. The average Bonchev–Trinajstić information content (AvgIpc) is 2.53. The molecule has 1 aromatic carbocycles. The van der Waals surface area contributed by atoms with E-state index in [1.54, 1.807) is 30.2 Å². The van der Waals surface area contributed by atoms with Gasteiger partial charge < -0.3 is 24.8 Å². The second kappa shape index (κ2) is 6.78. The fourth-order valence-electron chi connectivity index (χ4n) is 2.45. The van der Waals surface area contributed by atoms with Crippen LogP contribution in [-0.2, 0) is 4.74 Å². The molecule has 2 unspecified atom stereocenters. The third kappa shape index (κ3) is 3.11. The molecule has 21 heavy (non-hydrogen) atoms. The van der Waals surface area contributed by atoms with Gasteiger partial charge in [-0.1, -0.05) is 6.07 Å². The number of methoxy groups -OCH3 is 2. The second-order valence-corrected chi connectivity index (χ2v) is 5.04. The summed E-state index contributed by atoms with van der Waals surface area (Å²) in [5.41, 5.74) is 6.13. The van der Waals surface area contributed by atoms with E-state index in [1.807, 2.05) is 6.92 Å². The first-order valence-corrected chi connectivity index (χ1v) is 6.96. The number of amides is 1. The number of nitrogens with zero attached hydrogens (tertiary/aromatic N) is 1. The molecule has 0 saturated carbocycles. The van der Waals surface area contributed by atoms with E-state index in [2.05, 4.69) is 0 Å². The molecule has 0 spiro atoms. The zero-order valence-electron chi connectivity index (χ0n) is 12.7. The first kappa shape index (κ1) is 15.6. The van der Waals surface area contributed by atoms with E-state index in [1.165, 1.54) is 7.11 Å². The van der Waals surface area contributed by atoms with Crippen LogP contribution in [0.2, 0.25) is 0 Å². The van der Waals surface area contributed by atoms with Crippen LogP contribution in [-0.4, -0.2) is 56.9 Å². The van der Waals surface area contributed by atoms with Gasteiger partial charge in [-0.25, -0.2) is 0 Å². The van der Waals surface area contributed by atoms with Gasteiger partial charge >= 0.3 is 0 Å². The molecule has 6 heteroatoms. The Morgan fingerprint density at radius 1 is 1.43 bits per heavy atom. The van der Waals surface area contributed by atoms with Crippen LogP contribution in [0, 0.1) is 0 Å². The van der Waals surface area contributed by atoms with Gasteiger partial charge in [-0.05, 0) is 19.1 Å². The van der Waals surface area contributed by atoms with E-state index in [0.29, 0.717) is 36.8 Å². The van der Waals surface area contributed by atoms with Gasteiger partial charge in [-0.2, -0.15) is 0 Å². The summed E-state index contributed by atoms with van der Waals surface area (Å²) >= 11 is 0. The molecule has 116 valence electrons. The molecule has 2 N–H and O–H groups in total. The topological polar surface area (TPSA) is 74.0 Å². The molecule has 6 nitrogen and oxygen atoms in total. The molecule has 1 saturated heterocycles. The fraction of sp³-hybridized carbons (Fsp3) is 0.533. The van der Waals surface area contributed by atoms with Gasteiger partial charge in [0.1, 0.15) is 0 Å². The average molecular weight is 294 g/mol. The molecule has 0 aliphatic carbocycles. The minimum Gasteiger partial charge on any atom is -0.493 e. The van der Waals surface area contributed by atoms with Crippen molar-refractivity contribution in [3.63, 3.8) is 0 Å². The number of carbonyl (C=O) groups is 1. The first-order chi connectivity index (χ1) is 10.1. The SMILES string of the molecule is COc1cccc(C(=O)N2CC(CN)OCC2C)c1OC. The summed E-state index contributed by atoms with van der Waals surface area (Å²) in [7, 11) is 3.08. The molecule has 1 amide bonds. The molecule has 0 aromatic heterocycles. The number of benzene rings is 1. The molecule has 1 aliphatic rings. The maximum absolute atomic E-state index is 12.8. The highest BCUT2D eigenvalue weighted by Gasteiger charge is 2.31. The Kier molecular flexibility index (Phi) is 5.03. The van der Waals surface area contributed by atoms with Gasteiger partial charge in [0.15, 0.2) is 11.5 Å². The van der Waals surface area contributed by atoms with Crippen LogP contribution in [0.25, 0.3) is 0 Å². The van der Waals surface area contributed by atoms with Crippen molar-refractivity contribution >= 4 is 5.91 Å². The molecule has 0 bridgehead atoms. The molecule has 2 rings (SSSR count). The Bertz CT molecular complexity index is 506. The van der Waals surface area contributed by atoms with Crippen molar-refractivity contribution in [1.29, 1.82) is 0 Å². The van der Waals surface area contributed by atoms with Crippen LogP contribution in [0.1, 0.15) is 17.3 Å². The molecule has 1 heterocycles. The van der Waals surface area contributed by atoms with E-state index in [9.17, 15) is 4.79 Å². The van der Waals surface area contributed by atoms with Crippen molar-refractivity contribution in [2.75, 3.05) is 33.9 Å². The first-order valence-electron chi connectivity index (χ1n) is 6.96. The number of hydrogen-bond acceptors (Lipinski definition) is 5. The van der Waals surface area contributed by atoms with Crippen LogP contribution in [0.3, 0.4) is 0 Å². The molecule has 1 fully saturated rings. The maximum Gasteiger partial charge on any atom is 0.258 e. The summed E-state index contributed by atoms with van der Waals surface area (Å²) in [6.07, 6.45) is -0.123. The minimum atomic E-state index is -0.123. The summed E-state index contributed by atoms with van der Waals surface area (Å²) < 4.78 is 16.2. The standard InChI is InChI=1S/C15H22N2O4/c1-10-9-21-11(7-16)8-17(10)15(18)12-5-4-6-13(19-2)14(12)20-3/h4-6,10-11H,7-9,16H2,1-3H3. The number of para-hydroxylation sites is 1. The molecule has 0 radical (unpaired) electrons. The Balaban J connectivity index is 2.30. The molecular formula is C15H22N2O4. The Morgan fingerprint density at radius 3 is 2.81 bits per heavy atom. The Morgan fingerprint density at radius 2 is 2.19 bits per heavy atom. The van der Waals surface area contributed by atoms with Gasteiger partial charge in [0.25, 0.3) is 5.91 Å². The largest absolute Gasteiger partial charge is 0.493 e. The number of carbonyl (C=O) groups excluding carboxylic acids is 1. The number of hydrogen-bond donors (Lipinski definition) is 1. The zero-order valence-corrected chi connectivity index (χ0v) is 12.7. The lowest BCUT2D eigenvalue weighted by Gasteiger charge is -2.37. The molecular weight excluding hydrogens is 272 g/mol. The predicted octanol–water partition coefficient (Wildman–Crippen LogP) is 0.892. The zero-order chi connectivity index (χ0) is 15.4. The van der Waals surface area contributed by atoms with Gasteiger partial charge in [0.05, 0.1) is 38.5 Å². The lowest BCUT2D eigenvalue weighted by Crippen LogP contribution is -2.52. The van der Waals surface area contributed by atoms with E-state index in [4.69, 9.17) is 19.9 Å². The van der Waals surface area contributed by atoms with Crippen molar-refractivity contribution < 1.29 is 19.0 Å². The van der Waals surface area contributed by atoms with Crippen LogP contribution >= 0.6 is 0 Å². The van der Waals surface area contributed by atoms with Crippen molar-refractivity contribution in [2.24, 2.45) is 5.73 Å². The fourth-order valence-corrected chi connectivity index (χ4v) is 2.45. The predicted molar refractivity (Wildman–Crippen MR) is 78.8 cm³/mol. The van der Waals surface area contributed by atoms with E-state index in [0.717, 1.165) is 0 Å².